The normalized spacial score (nSPS) is 26.0. The minimum atomic E-state index is 0.117. The lowest BCUT2D eigenvalue weighted by atomic mass is 9.93. The molecule has 4 nitrogen and oxygen atoms in total. The van der Waals surface area contributed by atoms with Crippen molar-refractivity contribution in [3.63, 3.8) is 0 Å². The van der Waals surface area contributed by atoms with E-state index >= 15 is 0 Å². The number of nitrogens with one attached hydrogen (secondary N) is 1. The lowest BCUT2D eigenvalue weighted by Gasteiger charge is -2.39. The third kappa shape index (κ3) is 2.91. The number of aromatic hydroxyl groups is 1. The number of phenols is 1. The van der Waals surface area contributed by atoms with Gasteiger partial charge in [-0.15, -0.1) is 0 Å². The van der Waals surface area contributed by atoms with Crippen LogP contribution in [0, 0.1) is 6.92 Å². The van der Waals surface area contributed by atoms with Crippen LogP contribution in [0.5, 0.6) is 5.75 Å². The van der Waals surface area contributed by atoms with Gasteiger partial charge in [-0.3, -0.25) is 4.79 Å². The van der Waals surface area contributed by atoms with Crippen molar-refractivity contribution in [3.05, 3.63) is 29.3 Å². The van der Waals surface area contributed by atoms with E-state index in [1.54, 1.807) is 18.2 Å². The molecule has 2 aliphatic rings. The fourth-order valence-corrected chi connectivity index (χ4v) is 3.71. The van der Waals surface area contributed by atoms with Crippen molar-refractivity contribution in [2.45, 2.75) is 51.1 Å². The quantitative estimate of drug-likeness (QED) is 0.879. The zero-order valence-corrected chi connectivity index (χ0v) is 12.6. The average molecular weight is 288 g/mol. The number of carbonyl (C=O) groups is 1. The van der Waals surface area contributed by atoms with Crippen molar-refractivity contribution in [2.75, 3.05) is 13.1 Å². The van der Waals surface area contributed by atoms with Gasteiger partial charge in [0.15, 0.2) is 0 Å². The fraction of sp³-hybridized carbons (Fsp3) is 0.588. The van der Waals surface area contributed by atoms with Gasteiger partial charge in [-0.2, -0.15) is 0 Å². The predicted molar refractivity (Wildman–Crippen MR) is 82.5 cm³/mol. The van der Waals surface area contributed by atoms with Gasteiger partial charge in [0.2, 0.25) is 0 Å². The maximum atomic E-state index is 12.9. The van der Waals surface area contributed by atoms with E-state index in [4.69, 9.17) is 0 Å². The van der Waals surface area contributed by atoms with Gasteiger partial charge in [-0.05, 0) is 69.3 Å². The Morgan fingerprint density at radius 2 is 2.14 bits per heavy atom. The summed E-state index contributed by atoms with van der Waals surface area (Å²) in [5.74, 6) is 0.336. The Morgan fingerprint density at radius 1 is 1.29 bits per heavy atom. The van der Waals surface area contributed by atoms with Crippen molar-refractivity contribution in [1.29, 1.82) is 0 Å². The summed E-state index contributed by atoms with van der Waals surface area (Å²) in [7, 11) is 0. The molecular weight excluding hydrogens is 264 g/mol. The molecule has 2 saturated heterocycles. The molecule has 0 radical (unpaired) electrons. The van der Waals surface area contributed by atoms with Crippen molar-refractivity contribution in [1.82, 2.24) is 10.2 Å². The van der Waals surface area contributed by atoms with Gasteiger partial charge in [-0.1, -0.05) is 0 Å². The molecule has 1 aromatic rings. The number of hydrogen-bond donors (Lipinski definition) is 2. The molecule has 2 heterocycles. The van der Waals surface area contributed by atoms with Gasteiger partial charge in [0.25, 0.3) is 5.91 Å². The van der Waals surface area contributed by atoms with Crippen LogP contribution < -0.4 is 5.32 Å². The Balaban J connectivity index is 1.83. The van der Waals surface area contributed by atoms with Crippen LogP contribution in [0.3, 0.4) is 0 Å². The highest BCUT2D eigenvalue weighted by molar-refractivity contribution is 5.96. The van der Waals surface area contributed by atoms with Gasteiger partial charge < -0.3 is 15.3 Å². The third-order valence-electron chi connectivity index (χ3n) is 4.81. The second-order valence-electron chi connectivity index (χ2n) is 6.26. The summed E-state index contributed by atoms with van der Waals surface area (Å²) in [6.45, 7) is 3.81. The predicted octanol–water partition coefficient (Wildman–Crippen LogP) is 2.45. The molecule has 0 aromatic heterocycles. The van der Waals surface area contributed by atoms with Crippen LogP contribution >= 0.6 is 0 Å². The number of phenolic OH excluding ortho intramolecular Hbond substituents is 1. The molecule has 0 bridgehead atoms. The van der Waals surface area contributed by atoms with Gasteiger partial charge in [0, 0.05) is 24.2 Å². The van der Waals surface area contributed by atoms with Crippen LogP contribution in [0.4, 0.5) is 0 Å². The number of hydrogen-bond acceptors (Lipinski definition) is 3. The SMILES string of the molecule is Cc1cc(O)ccc1C(=O)N1CCCCC1C1CCCN1. The first-order chi connectivity index (χ1) is 10.2. The number of nitrogens with zero attached hydrogens (tertiary/aromatic N) is 1. The van der Waals surface area contributed by atoms with Crippen LogP contribution in [0.15, 0.2) is 18.2 Å². The molecule has 2 N–H and O–H groups in total. The monoisotopic (exact) mass is 288 g/mol. The summed E-state index contributed by atoms with van der Waals surface area (Å²) in [6, 6.07) is 5.79. The highest BCUT2D eigenvalue weighted by atomic mass is 16.3. The zero-order chi connectivity index (χ0) is 14.8. The average Bonchev–Trinajstić information content (AvgIpc) is 3.01. The largest absolute Gasteiger partial charge is 0.508 e. The van der Waals surface area contributed by atoms with E-state index in [1.165, 1.54) is 19.3 Å². The molecule has 3 rings (SSSR count). The number of amides is 1. The first kappa shape index (κ1) is 14.4. The van der Waals surface area contributed by atoms with Crippen molar-refractivity contribution in [3.8, 4) is 5.75 Å². The molecule has 1 aromatic carbocycles. The molecule has 1 amide bonds. The van der Waals surface area contributed by atoms with Crippen molar-refractivity contribution < 1.29 is 9.90 Å². The molecule has 2 unspecified atom stereocenters. The van der Waals surface area contributed by atoms with Crippen molar-refractivity contribution in [2.24, 2.45) is 0 Å². The standard InChI is InChI=1S/C17H24N2O2/c1-12-11-13(20)7-8-14(12)17(21)19-10-3-2-6-16(19)15-5-4-9-18-15/h7-8,11,15-16,18,20H,2-6,9-10H2,1H3. The molecule has 2 fully saturated rings. The zero-order valence-electron chi connectivity index (χ0n) is 12.6. The second-order valence-corrected chi connectivity index (χ2v) is 6.26. The van der Waals surface area contributed by atoms with Gasteiger partial charge in [0.1, 0.15) is 5.75 Å². The molecule has 0 saturated carbocycles. The fourth-order valence-electron chi connectivity index (χ4n) is 3.71. The second kappa shape index (κ2) is 6.06. The number of aryl methyl sites for hydroxylation is 1. The maximum Gasteiger partial charge on any atom is 0.254 e. The Hall–Kier alpha value is -1.55. The van der Waals surface area contributed by atoms with Gasteiger partial charge >= 0.3 is 0 Å². The first-order valence-corrected chi connectivity index (χ1v) is 8.01. The van der Waals surface area contributed by atoms with E-state index in [9.17, 15) is 9.90 Å². The summed E-state index contributed by atoms with van der Waals surface area (Å²) in [6.07, 6.45) is 5.78. The van der Waals surface area contributed by atoms with Crippen LogP contribution in [-0.4, -0.2) is 41.1 Å². The summed E-state index contributed by atoms with van der Waals surface area (Å²) >= 11 is 0. The van der Waals surface area contributed by atoms with Crippen LogP contribution in [-0.2, 0) is 0 Å². The Labute approximate surface area is 126 Å². The van der Waals surface area contributed by atoms with Crippen LogP contribution in [0.25, 0.3) is 0 Å². The Bertz CT molecular complexity index is 524. The lowest BCUT2D eigenvalue weighted by Crippen LogP contribution is -2.52. The van der Waals surface area contributed by atoms with Crippen LogP contribution in [0.2, 0.25) is 0 Å². The summed E-state index contributed by atoms with van der Waals surface area (Å²) in [5, 5.41) is 13.1. The molecule has 2 atom stereocenters. The number of likely N-dealkylation sites (tertiary alicyclic amines) is 1. The molecule has 21 heavy (non-hydrogen) atoms. The van der Waals surface area contributed by atoms with Gasteiger partial charge in [0.05, 0.1) is 0 Å². The number of piperidine rings is 1. The van der Waals surface area contributed by atoms with E-state index in [-0.39, 0.29) is 11.7 Å². The summed E-state index contributed by atoms with van der Waals surface area (Å²) in [5.41, 5.74) is 1.57. The maximum absolute atomic E-state index is 12.9. The molecule has 114 valence electrons. The number of carbonyl (C=O) groups excluding carboxylic acids is 1. The molecule has 4 heteroatoms. The lowest BCUT2D eigenvalue weighted by molar-refractivity contribution is 0.0563. The Kier molecular flexibility index (Phi) is 4.15. The smallest absolute Gasteiger partial charge is 0.254 e. The molecule has 2 aliphatic heterocycles. The highest BCUT2D eigenvalue weighted by Gasteiger charge is 2.34. The van der Waals surface area contributed by atoms with E-state index in [1.807, 2.05) is 6.92 Å². The van der Waals surface area contributed by atoms with E-state index < -0.39 is 0 Å². The summed E-state index contributed by atoms with van der Waals surface area (Å²) < 4.78 is 0. The molecule has 0 spiro atoms. The first-order valence-electron chi connectivity index (χ1n) is 8.01. The van der Waals surface area contributed by atoms with E-state index in [0.29, 0.717) is 12.1 Å². The van der Waals surface area contributed by atoms with Crippen LogP contribution in [0.1, 0.15) is 48.0 Å². The van der Waals surface area contributed by atoms with Crippen molar-refractivity contribution >= 4 is 5.91 Å². The molecule has 0 aliphatic carbocycles. The third-order valence-corrected chi connectivity index (χ3v) is 4.81. The topological polar surface area (TPSA) is 52.6 Å². The van der Waals surface area contributed by atoms with Gasteiger partial charge in [-0.25, -0.2) is 0 Å². The Morgan fingerprint density at radius 3 is 2.86 bits per heavy atom. The number of benzene rings is 1. The van der Waals surface area contributed by atoms with E-state index in [0.717, 1.165) is 37.1 Å². The number of rotatable bonds is 2. The molecular formula is C17H24N2O2. The highest BCUT2D eigenvalue weighted by Crippen LogP contribution is 2.27. The minimum absolute atomic E-state index is 0.117. The summed E-state index contributed by atoms with van der Waals surface area (Å²) in [4.78, 5) is 15.0. The van der Waals surface area contributed by atoms with E-state index in [2.05, 4.69) is 10.2 Å². The minimum Gasteiger partial charge on any atom is -0.508 e.